The molecule has 178 valence electrons. The van der Waals surface area contributed by atoms with Crippen LogP contribution < -0.4 is 10.1 Å². The smallest absolute Gasteiger partial charge is 0.261 e. The zero-order valence-electron chi connectivity index (χ0n) is 19.6. The summed E-state index contributed by atoms with van der Waals surface area (Å²) in [5.74, 6) is 0.405. The minimum absolute atomic E-state index is 0.173. The van der Waals surface area contributed by atoms with Crippen molar-refractivity contribution in [1.29, 1.82) is 0 Å². The molecule has 1 atom stereocenters. The number of carbonyl (C=O) groups excluding carboxylic acids is 2. The molecule has 0 unspecified atom stereocenters. The van der Waals surface area contributed by atoms with E-state index in [1.165, 1.54) is 0 Å². The van der Waals surface area contributed by atoms with Crippen LogP contribution in [0.3, 0.4) is 0 Å². The Morgan fingerprint density at radius 2 is 1.47 bits per heavy atom. The van der Waals surface area contributed by atoms with Gasteiger partial charge in [0.2, 0.25) is 5.91 Å². The molecule has 0 spiro atoms. The second kappa shape index (κ2) is 12.8. The molecular weight excluding hydrogens is 448 g/mol. The maximum absolute atomic E-state index is 13.5. The molecule has 5 nitrogen and oxygen atoms in total. The molecule has 0 aromatic heterocycles. The number of benzene rings is 3. The Morgan fingerprint density at radius 3 is 2.06 bits per heavy atom. The molecule has 6 heteroatoms. The molecule has 0 aliphatic rings. The van der Waals surface area contributed by atoms with Crippen molar-refractivity contribution >= 4 is 23.4 Å². The zero-order valence-corrected chi connectivity index (χ0v) is 20.4. The molecule has 0 aliphatic heterocycles. The van der Waals surface area contributed by atoms with Gasteiger partial charge in [0.05, 0.1) is 0 Å². The van der Waals surface area contributed by atoms with Gasteiger partial charge in [0, 0.05) is 24.5 Å². The van der Waals surface area contributed by atoms with Crippen LogP contribution in [0, 0.1) is 5.92 Å². The summed E-state index contributed by atoms with van der Waals surface area (Å²) in [5.41, 5.74) is 1.92. The lowest BCUT2D eigenvalue weighted by molar-refractivity contribution is -0.142. The van der Waals surface area contributed by atoms with E-state index in [0.717, 1.165) is 11.1 Å². The lowest BCUT2D eigenvalue weighted by Gasteiger charge is -2.31. The van der Waals surface area contributed by atoms with Crippen molar-refractivity contribution in [3.63, 3.8) is 0 Å². The Labute approximate surface area is 206 Å². The largest absolute Gasteiger partial charge is 0.484 e. The summed E-state index contributed by atoms with van der Waals surface area (Å²) in [6.45, 7) is 4.74. The van der Waals surface area contributed by atoms with Crippen LogP contribution in [0.4, 0.5) is 0 Å². The predicted molar refractivity (Wildman–Crippen MR) is 136 cm³/mol. The number of rotatable bonds is 11. The topological polar surface area (TPSA) is 58.6 Å². The first-order valence-corrected chi connectivity index (χ1v) is 11.8. The third-order valence-electron chi connectivity index (χ3n) is 5.33. The van der Waals surface area contributed by atoms with Crippen molar-refractivity contribution in [2.75, 3.05) is 13.2 Å². The van der Waals surface area contributed by atoms with E-state index in [0.29, 0.717) is 36.2 Å². The van der Waals surface area contributed by atoms with Crippen LogP contribution in [0.2, 0.25) is 5.02 Å². The van der Waals surface area contributed by atoms with Gasteiger partial charge in [0.1, 0.15) is 11.8 Å². The van der Waals surface area contributed by atoms with Gasteiger partial charge >= 0.3 is 0 Å². The monoisotopic (exact) mass is 478 g/mol. The number of amides is 2. The van der Waals surface area contributed by atoms with Gasteiger partial charge in [0.15, 0.2) is 6.61 Å². The van der Waals surface area contributed by atoms with Gasteiger partial charge in [-0.2, -0.15) is 0 Å². The van der Waals surface area contributed by atoms with Crippen LogP contribution in [-0.2, 0) is 22.6 Å². The number of hydrogen-bond donors (Lipinski definition) is 1. The Kier molecular flexibility index (Phi) is 9.53. The molecule has 0 saturated carbocycles. The average Bonchev–Trinajstić information content (AvgIpc) is 2.85. The Morgan fingerprint density at radius 1 is 0.882 bits per heavy atom. The van der Waals surface area contributed by atoms with Crippen molar-refractivity contribution in [1.82, 2.24) is 10.2 Å². The second-order valence-corrected chi connectivity index (χ2v) is 9.03. The first-order chi connectivity index (χ1) is 16.4. The Bertz CT molecular complexity index is 1040. The van der Waals surface area contributed by atoms with Crippen LogP contribution >= 0.6 is 11.6 Å². The predicted octanol–water partition coefficient (Wildman–Crippen LogP) is 5.13. The van der Waals surface area contributed by atoms with Gasteiger partial charge in [-0.15, -0.1) is 0 Å². The van der Waals surface area contributed by atoms with E-state index >= 15 is 0 Å². The summed E-state index contributed by atoms with van der Waals surface area (Å²) in [6, 6.07) is 25.6. The van der Waals surface area contributed by atoms with Gasteiger partial charge in [0.25, 0.3) is 5.91 Å². The third kappa shape index (κ3) is 7.92. The van der Waals surface area contributed by atoms with Crippen LogP contribution in [0.5, 0.6) is 5.75 Å². The van der Waals surface area contributed by atoms with Gasteiger partial charge in [-0.05, 0) is 41.3 Å². The average molecular weight is 479 g/mol. The molecule has 3 rings (SSSR count). The maximum Gasteiger partial charge on any atom is 0.261 e. The molecule has 0 saturated heterocycles. The van der Waals surface area contributed by atoms with Crippen molar-refractivity contribution in [3.05, 3.63) is 101 Å². The molecular formula is C28H31ClN2O3. The summed E-state index contributed by atoms with van der Waals surface area (Å²) < 4.78 is 5.74. The molecule has 0 heterocycles. The van der Waals surface area contributed by atoms with E-state index in [1.54, 1.807) is 29.2 Å². The lowest BCUT2D eigenvalue weighted by Crippen LogP contribution is -2.52. The fourth-order valence-corrected chi connectivity index (χ4v) is 3.64. The minimum Gasteiger partial charge on any atom is -0.484 e. The number of carbonyl (C=O) groups is 2. The highest BCUT2D eigenvalue weighted by atomic mass is 35.5. The highest BCUT2D eigenvalue weighted by Crippen LogP contribution is 2.18. The summed E-state index contributed by atoms with van der Waals surface area (Å²) in [5, 5.41) is 3.61. The van der Waals surface area contributed by atoms with Gasteiger partial charge in [-0.3, -0.25) is 9.59 Å². The number of nitrogens with one attached hydrogen (secondary N) is 1. The van der Waals surface area contributed by atoms with E-state index < -0.39 is 6.04 Å². The first-order valence-electron chi connectivity index (χ1n) is 11.5. The van der Waals surface area contributed by atoms with E-state index in [9.17, 15) is 9.59 Å². The van der Waals surface area contributed by atoms with E-state index in [4.69, 9.17) is 16.3 Å². The molecule has 0 aliphatic carbocycles. The van der Waals surface area contributed by atoms with E-state index in [-0.39, 0.29) is 18.4 Å². The van der Waals surface area contributed by atoms with Crippen LogP contribution in [0.1, 0.15) is 25.0 Å². The lowest BCUT2D eigenvalue weighted by atomic mass is 10.0. The van der Waals surface area contributed by atoms with Crippen molar-refractivity contribution < 1.29 is 14.3 Å². The van der Waals surface area contributed by atoms with Gasteiger partial charge in [-0.1, -0.05) is 86.1 Å². The Balaban J connectivity index is 1.86. The van der Waals surface area contributed by atoms with E-state index in [2.05, 4.69) is 5.32 Å². The van der Waals surface area contributed by atoms with E-state index in [1.807, 2.05) is 74.5 Å². The summed E-state index contributed by atoms with van der Waals surface area (Å²) in [7, 11) is 0. The number of nitrogens with zero attached hydrogens (tertiary/aromatic N) is 1. The Hall–Kier alpha value is -3.31. The van der Waals surface area contributed by atoms with Gasteiger partial charge < -0.3 is 15.0 Å². The minimum atomic E-state index is -0.678. The summed E-state index contributed by atoms with van der Waals surface area (Å²) in [4.78, 5) is 28.4. The highest BCUT2D eigenvalue weighted by Gasteiger charge is 2.30. The fourth-order valence-electron chi connectivity index (χ4n) is 3.52. The van der Waals surface area contributed by atoms with Crippen molar-refractivity contribution in [2.24, 2.45) is 5.92 Å². The molecule has 0 bridgehead atoms. The standard InChI is InChI=1S/C28H31ClN2O3/c1-21(2)18-30-28(33)26(17-22-9-5-3-6-10-22)31(19-23-11-7-4-8-12-23)27(32)20-34-25-15-13-24(29)14-16-25/h3-16,21,26H,17-20H2,1-2H3,(H,30,33)/t26-/m0/s1. The first kappa shape index (κ1) is 25.3. The van der Waals surface area contributed by atoms with Gasteiger partial charge in [-0.25, -0.2) is 0 Å². The zero-order chi connectivity index (χ0) is 24.3. The molecule has 2 amide bonds. The molecule has 1 N–H and O–H groups in total. The molecule has 3 aromatic carbocycles. The fraction of sp³-hybridized carbons (Fsp3) is 0.286. The normalized spacial score (nSPS) is 11.6. The molecule has 0 fully saturated rings. The second-order valence-electron chi connectivity index (χ2n) is 8.59. The van der Waals surface area contributed by atoms with Crippen molar-refractivity contribution in [2.45, 2.75) is 32.9 Å². The van der Waals surface area contributed by atoms with Crippen LogP contribution in [-0.4, -0.2) is 35.9 Å². The summed E-state index contributed by atoms with van der Waals surface area (Å²) in [6.07, 6.45) is 0.407. The number of hydrogen-bond acceptors (Lipinski definition) is 3. The molecule has 0 radical (unpaired) electrons. The highest BCUT2D eigenvalue weighted by molar-refractivity contribution is 6.30. The maximum atomic E-state index is 13.5. The number of halogens is 1. The van der Waals surface area contributed by atoms with Crippen LogP contribution in [0.15, 0.2) is 84.9 Å². The van der Waals surface area contributed by atoms with Crippen LogP contribution in [0.25, 0.3) is 0 Å². The molecule has 3 aromatic rings. The third-order valence-corrected chi connectivity index (χ3v) is 5.58. The van der Waals surface area contributed by atoms with Crippen molar-refractivity contribution in [3.8, 4) is 5.75 Å². The molecule has 34 heavy (non-hydrogen) atoms. The quantitative estimate of drug-likeness (QED) is 0.415. The number of ether oxygens (including phenoxy) is 1. The SMILES string of the molecule is CC(C)CNC(=O)[C@H](Cc1ccccc1)N(Cc1ccccc1)C(=O)COc1ccc(Cl)cc1. The summed E-state index contributed by atoms with van der Waals surface area (Å²) >= 11 is 5.95.